The quantitative estimate of drug-likeness (QED) is 0.132. The lowest BCUT2D eigenvalue weighted by Crippen LogP contribution is -2.55. The second-order valence-corrected chi connectivity index (χ2v) is 11.0. The fraction of sp³-hybridized carbons (Fsp3) is 0.615. The fourth-order valence-electron chi connectivity index (χ4n) is 5.22. The normalized spacial score (nSPS) is 33.9. The third-order valence-corrected chi connectivity index (χ3v) is 8.21. The smallest absolute Gasteiger partial charge is 0.313 e. The van der Waals surface area contributed by atoms with Crippen LogP contribution in [0.15, 0.2) is 40.8 Å². The number of epoxide rings is 2. The van der Waals surface area contributed by atoms with Crippen molar-refractivity contribution in [2.24, 2.45) is 5.92 Å². The first kappa shape index (κ1) is 25.2. The number of carbonyl (C=O) groups is 2. The minimum atomic E-state index is -0.510. The summed E-state index contributed by atoms with van der Waals surface area (Å²) in [6.07, 6.45) is 3.51. The van der Waals surface area contributed by atoms with E-state index in [1.807, 2.05) is 12.1 Å². The van der Waals surface area contributed by atoms with Gasteiger partial charge in [0.1, 0.15) is 29.8 Å². The molecular weight excluding hydrogens is 454 g/mol. The van der Waals surface area contributed by atoms with Crippen molar-refractivity contribution in [1.29, 1.82) is 0 Å². The number of allylic oxidation sites excluding steroid dienone is 1. The molecule has 8 heteroatoms. The molecular formula is C26H35NO6S. The topological polar surface area (TPSA) is 104 Å². The minimum absolute atomic E-state index is 0.0381. The molecule has 1 aromatic rings. The van der Waals surface area contributed by atoms with Gasteiger partial charge in [0.25, 0.3) is 0 Å². The number of hydrogen-bond acceptors (Lipinski definition) is 8. The molecule has 7 nitrogen and oxygen atoms in total. The highest BCUT2D eigenvalue weighted by atomic mass is 32.2. The Morgan fingerprint density at radius 2 is 1.97 bits per heavy atom. The monoisotopic (exact) mass is 489 g/mol. The number of ketones is 1. The molecule has 4 rings (SSSR count). The van der Waals surface area contributed by atoms with E-state index >= 15 is 0 Å². The maximum atomic E-state index is 12.6. The summed E-state index contributed by atoms with van der Waals surface area (Å²) in [4.78, 5) is 25.9. The molecule has 1 aliphatic carbocycles. The first-order chi connectivity index (χ1) is 16.2. The standard InChI is InChI=1S/C26H35NO6S/c1-16(2)5-10-21-25(3,33-21)24-23(30-4)20(11-12-26(24)15-31-26)32-22(29)13-18(28)14-34-19-8-6-17(27)7-9-19/h5-9,20-21,23-24H,10-15,27H2,1-4H3/t20?,21-,23?,24?,25-,26+/m1/s1. The van der Waals surface area contributed by atoms with E-state index in [1.54, 1.807) is 19.2 Å². The van der Waals surface area contributed by atoms with Crippen molar-refractivity contribution in [3.8, 4) is 0 Å². The van der Waals surface area contributed by atoms with Crippen molar-refractivity contribution in [3.05, 3.63) is 35.9 Å². The third kappa shape index (κ3) is 5.51. The highest BCUT2D eigenvalue weighted by molar-refractivity contribution is 8.00. The molecule has 3 fully saturated rings. The van der Waals surface area contributed by atoms with Crippen LogP contribution in [0.5, 0.6) is 0 Å². The van der Waals surface area contributed by atoms with Crippen molar-refractivity contribution in [1.82, 2.24) is 0 Å². The van der Waals surface area contributed by atoms with Crippen LogP contribution in [-0.4, -0.2) is 60.7 Å². The Labute approximate surface area is 205 Å². The number of methoxy groups -OCH3 is 1. The van der Waals surface area contributed by atoms with Crippen LogP contribution in [0.1, 0.15) is 46.5 Å². The zero-order valence-electron chi connectivity index (χ0n) is 20.4. The van der Waals surface area contributed by atoms with Gasteiger partial charge in [-0.2, -0.15) is 0 Å². The van der Waals surface area contributed by atoms with Gasteiger partial charge in [0, 0.05) is 17.7 Å². The van der Waals surface area contributed by atoms with Crippen LogP contribution in [0.25, 0.3) is 0 Å². The molecule has 6 atom stereocenters. The van der Waals surface area contributed by atoms with Crippen molar-refractivity contribution in [3.63, 3.8) is 0 Å². The summed E-state index contributed by atoms with van der Waals surface area (Å²) in [7, 11) is 1.64. The van der Waals surface area contributed by atoms with E-state index in [2.05, 4.69) is 26.8 Å². The molecule has 0 radical (unpaired) electrons. The van der Waals surface area contributed by atoms with Gasteiger partial charge in [0.05, 0.1) is 24.4 Å². The number of nitrogen functional groups attached to an aromatic ring is 1. The predicted octanol–water partition coefficient (Wildman–Crippen LogP) is 3.94. The molecule has 2 N–H and O–H groups in total. The number of anilines is 1. The van der Waals surface area contributed by atoms with Gasteiger partial charge in [-0.15, -0.1) is 11.8 Å². The second-order valence-electron chi connectivity index (χ2n) is 9.98. The highest BCUT2D eigenvalue weighted by Gasteiger charge is 2.72. The van der Waals surface area contributed by atoms with Gasteiger partial charge in [-0.05, 0) is 64.3 Å². The summed E-state index contributed by atoms with van der Waals surface area (Å²) in [5.74, 6) is -0.516. The molecule has 1 saturated carbocycles. The van der Waals surface area contributed by atoms with E-state index in [1.165, 1.54) is 17.3 Å². The van der Waals surface area contributed by atoms with Crippen molar-refractivity contribution in [2.75, 3.05) is 25.2 Å². The Hall–Kier alpha value is -1.87. The molecule has 2 saturated heterocycles. The largest absolute Gasteiger partial charge is 0.459 e. The molecule has 186 valence electrons. The lowest BCUT2D eigenvalue weighted by molar-refractivity contribution is -0.172. The third-order valence-electron chi connectivity index (χ3n) is 7.14. The van der Waals surface area contributed by atoms with Crippen LogP contribution in [0, 0.1) is 5.92 Å². The molecule has 0 bridgehead atoms. The Kier molecular flexibility index (Phi) is 7.43. The van der Waals surface area contributed by atoms with Crippen molar-refractivity contribution >= 4 is 29.2 Å². The van der Waals surface area contributed by atoms with E-state index in [9.17, 15) is 9.59 Å². The first-order valence-electron chi connectivity index (χ1n) is 11.8. The van der Waals surface area contributed by atoms with Crippen LogP contribution in [0.2, 0.25) is 0 Å². The van der Waals surface area contributed by atoms with Crippen LogP contribution >= 0.6 is 11.8 Å². The Balaban J connectivity index is 1.34. The number of ether oxygens (including phenoxy) is 4. The SMILES string of the molecule is COC1C(OC(=O)CC(=O)CSc2ccc(N)cc2)CC[C@]2(CO2)C1[C@]1(C)O[C@@H]1CC=C(C)C. The number of nitrogens with two attached hydrogens (primary N) is 1. The number of esters is 1. The molecule has 2 heterocycles. The Bertz CT molecular complexity index is 939. The van der Waals surface area contributed by atoms with Crippen molar-refractivity contribution < 1.29 is 28.5 Å². The van der Waals surface area contributed by atoms with Gasteiger partial charge >= 0.3 is 5.97 Å². The summed E-state index contributed by atoms with van der Waals surface area (Å²) in [6.45, 7) is 6.94. The molecule has 3 aliphatic rings. The van der Waals surface area contributed by atoms with Gasteiger partial charge in [0.2, 0.25) is 0 Å². The average Bonchev–Trinajstić information content (AvgIpc) is 3.70. The summed E-state index contributed by atoms with van der Waals surface area (Å²) in [6, 6.07) is 7.29. The molecule has 1 aromatic carbocycles. The molecule has 1 spiro atoms. The maximum absolute atomic E-state index is 12.6. The maximum Gasteiger partial charge on any atom is 0.313 e. The Morgan fingerprint density at radius 1 is 1.26 bits per heavy atom. The van der Waals surface area contributed by atoms with Gasteiger partial charge in [0.15, 0.2) is 5.78 Å². The molecule has 0 amide bonds. The summed E-state index contributed by atoms with van der Waals surface area (Å²) < 4.78 is 23.8. The fourth-order valence-corrected chi connectivity index (χ4v) is 5.98. The highest BCUT2D eigenvalue weighted by Crippen LogP contribution is 2.59. The van der Waals surface area contributed by atoms with Gasteiger partial charge < -0.3 is 24.7 Å². The van der Waals surface area contributed by atoms with E-state index in [4.69, 9.17) is 24.7 Å². The zero-order chi connectivity index (χ0) is 24.5. The van der Waals surface area contributed by atoms with Crippen LogP contribution in [0.3, 0.4) is 0 Å². The lowest BCUT2D eigenvalue weighted by atomic mass is 9.68. The van der Waals surface area contributed by atoms with Gasteiger partial charge in [-0.1, -0.05) is 11.6 Å². The number of Topliss-reactive ketones (excluding diaryl/α,β-unsaturated/α-hetero) is 1. The van der Waals surface area contributed by atoms with E-state index in [0.29, 0.717) is 18.7 Å². The zero-order valence-corrected chi connectivity index (χ0v) is 21.2. The lowest BCUT2D eigenvalue weighted by Gasteiger charge is -2.42. The van der Waals surface area contributed by atoms with E-state index < -0.39 is 12.1 Å². The van der Waals surface area contributed by atoms with E-state index in [-0.39, 0.29) is 47.3 Å². The average molecular weight is 490 g/mol. The number of hydrogen-bond donors (Lipinski definition) is 1. The number of thioether (sulfide) groups is 1. The molecule has 2 aliphatic heterocycles. The van der Waals surface area contributed by atoms with Gasteiger partial charge in [-0.25, -0.2) is 0 Å². The van der Waals surface area contributed by atoms with Crippen LogP contribution in [-0.2, 0) is 28.5 Å². The number of rotatable bonds is 10. The second kappa shape index (κ2) is 10.0. The minimum Gasteiger partial charge on any atom is -0.459 e. The van der Waals surface area contributed by atoms with E-state index in [0.717, 1.165) is 17.7 Å². The van der Waals surface area contributed by atoms with Crippen molar-refractivity contribution in [2.45, 2.75) is 80.9 Å². The first-order valence-corrected chi connectivity index (χ1v) is 12.8. The number of carbonyl (C=O) groups excluding carboxylic acids is 2. The molecule has 0 aromatic heterocycles. The van der Waals surface area contributed by atoms with Crippen LogP contribution < -0.4 is 5.73 Å². The molecule has 34 heavy (non-hydrogen) atoms. The molecule has 3 unspecified atom stereocenters. The predicted molar refractivity (Wildman–Crippen MR) is 131 cm³/mol. The summed E-state index contributed by atoms with van der Waals surface area (Å²) in [5.41, 5.74) is 6.96. The summed E-state index contributed by atoms with van der Waals surface area (Å²) in [5, 5.41) is 0. The Morgan fingerprint density at radius 3 is 2.59 bits per heavy atom. The van der Waals surface area contributed by atoms with Crippen LogP contribution in [0.4, 0.5) is 5.69 Å². The van der Waals surface area contributed by atoms with Gasteiger partial charge in [-0.3, -0.25) is 9.59 Å². The summed E-state index contributed by atoms with van der Waals surface area (Å²) >= 11 is 1.38. The number of benzene rings is 1.